The summed E-state index contributed by atoms with van der Waals surface area (Å²) in [5.41, 5.74) is -3.11. The molecule has 0 aromatic rings. The zero-order chi connectivity index (χ0) is 15.6. The number of rotatable bonds is 8. The molecule has 6 heteroatoms. The fraction of sp³-hybridized carbons (Fsp3) is 0.857. The van der Waals surface area contributed by atoms with Gasteiger partial charge in [0.25, 0.3) is 0 Å². The molecule has 0 spiro atoms. The monoisotopic (exact) mass is 392 g/mol. The molecule has 0 aliphatic carbocycles. The second-order valence-corrected chi connectivity index (χ2v) is 9.38. The molecule has 0 bridgehead atoms. The van der Waals surface area contributed by atoms with Crippen LogP contribution in [0.1, 0.15) is 78.1 Å². The Balaban J connectivity index is -0.0000000966. The smallest absolute Gasteiger partial charge is 0.343 e. The number of hydrogen-bond acceptors (Lipinski definition) is 1. The van der Waals surface area contributed by atoms with Gasteiger partial charge in [-0.3, -0.25) is 0 Å². The van der Waals surface area contributed by atoms with Crippen molar-refractivity contribution in [3.05, 3.63) is 13.8 Å². The predicted molar refractivity (Wildman–Crippen MR) is 95.9 cm³/mol. The Hall–Kier alpha value is 1.54. The quantitative estimate of drug-likeness (QED) is 0.163. The Morgan fingerprint density at radius 2 is 1.10 bits per heavy atom. The molecule has 0 saturated heterocycles. The van der Waals surface area contributed by atoms with Crippen molar-refractivity contribution in [2.45, 2.75) is 78.1 Å². The zero-order valence-electron chi connectivity index (χ0n) is 13.4. The standard InChI is InChI=1S/C8H17.C6H13.H3O2PS2.Zn/c1-3-5-7-8-6-4-2;1-3-5-6-4-2;1-3(2,4)5;/h1,3-8H2,2H3;1,3-6H2,2H3;(H3,1,2,4,5);/q2*-1;;+2. The molecule has 0 aliphatic rings. The molecule has 0 rings (SSSR count). The molecule has 0 unspecified atom stereocenters. The van der Waals surface area contributed by atoms with Crippen molar-refractivity contribution in [3.8, 4) is 0 Å². The summed E-state index contributed by atoms with van der Waals surface area (Å²) < 4.78 is 0. The van der Waals surface area contributed by atoms with Crippen LogP contribution in [0.5, 0.6) is 0 Å². The SMILES string of the molecule is OP(O)(=S)S.[CH2-]CCCCC.[CH2-]CCCCCCC.[Zn+2]. The summed E-state index contributed by atoms with van der Waals surface area (Å²) >= 11 is 7.07. The predicted octanol–water partition coefficient (Wildman–Crippen LogP) is 5.70. The van der Waals surface area contributed by atoms with Gasteiger partial charge in [-0.15, -0.1) is 0 Å². The third-order valence-corrected chi connectivity index (χ3v) is 2.21. The van der Waals surface area contributed by atoms with E-state index in [1.165, 1.54) is 51.4 Å². The molecule has 0 saturated carbocycles. The van der Waals surface area contributed by atoms with Crippen LogP contribution in [0.3, 0.4) is 0 Å². The van der Waals surface area contributed by atoms with Crippen LogP contribution in [0.25, 0.3) is 0 Å². The van der Waals surface area contributed by atoms with Crippen molar-refractivity contribution >= 4 is 29.7 Å². The number of thiol groups is 1. The number of unbranched alkanes of at least 4 members (excludes halogenated alkanes) is 8. The molecule has 120 valence electrons. The van der Waals surface area contributed by atoms with E-state index in [1.807, 2.05) is 0 Å². The van der Waals surface area contributed by atoms with Gasteiger partial charge in [0.15, 0.2) is 0 Å². The van der Waals surface area contributed by atoms with Gasteiger partial charge < -0.3 is 23.6 Å². The molecular formula is C14H33O2PS2Zn. The minimum atomic E-state index is -3.11. The summed E-state index contributed by atoms with van der Waals surface area (Å²) in [5.74, 6) is 0. The van der Waals surface area contributed by atoms with Crippen molar-refractivity contribution < 1.29 is 29.3 Å². The van der Waals surface area contributed by atoms with Gasteiger partial charge in [-0.05, 0) is 11.8 Å². The first-order valence-electron chi connectivity index (χ1n) is 7.20. The van der Waals surface area contributed by atoms with Crippen molar-refractivity contribution in [1.82, 2.24) is 0 Å². The average Bonchev–Trinajstić information content (AvgIpc) is 2.31. The van der Waals surface area contributed by atoms with Gasteiger partial charge >= 0.3 is 19.5 Å². The first-order chi connectivity index (χ1) is 8.83. The third-order valence-electron chi connectivity index (χ3n) is 2.21. The summed E-state index contributed by atoms with van der Waals surface area (Å²) in [6.45, 7) is 12.0. The van der Waals surface area contributed by atoms with E-state index < -0.39 is 5.69 Å². The second-order valence-electron chi connectivity index (χ2n) is 4.34. The van der Waals surface area contributed by atoms with Crippen LogP contribution in [0.2, 0.25) is 0 Å². The van der Waals surface area contributed by atoms with Gasteiger partial charge in [-0.25, -0.2) is 0 Å². The van der Waals surface area contributed by atoms with Crippen molar-refractivity contribution in [2.24, 2.45) is 0 Å². The molecular weight excluding hydrogens is 361 g/mol. The first-order valence-corrected chi connectivity index (χ1v) is 11.1. The Morgan fingerprint density at radius 3 is 1.35 bits per heavy atom. The van der Waals surface area contributed by atoms with Crippen LogP contribution in [0.15, 0.2) is 0 Å². The second kappa shape index (κ2) is 25.5. The Bertz CT molecular complexity index is 172. The molecule has 0 amide bonds. The molecule has 20 heavy (non-hydrogen) atoms. The summed E-state index contributed by atoms with van der Waals surface area (Å²) in [5, 5.41) is 0. The summed E-state index contributed by atoms with van der Waals surface area (Å²) in [6, 6.07) is 0. The van der Waals surface area contributed by atoms with Gasteiger partial charge in [-0.1, -0.05) is 77.5 Å². The van der Waals surface area contributed by atoms with Gasteiger partial charge in [0.05, 0.1) is 0 Å². The van der Waals surface area contributed by atoms with Gasteiger partial charge in [0, 0.05) is 0 Å². The van der Waals surface area contributed by atoms with Gasteiger partial charge in [0.1, 0.15) is 0 Å². The summed E-state index contributed by atoms with van der Waals surface area (Å²) in [4.78, 5) is 15.7. The first kappa shape index (κ1) is 29.5. The molecule has 0 aromatic carbocycles. The van der Waals surface area contributed by atoms with E-state index in [1.54, 1.807) is 0 Å². The minimum absolute atomic E-state index is 0. The van der Waals surface area contributed by atoms with Crippen LogP contribution in [-0.2, 0) is 31.3 Å². The maximum atomic E-state index is 7.87. The third kappa shape index (κ3) is 73.8. The van der Waals surface area contributed by atoms with E-state index in [0.717, 1.165) is 12.8 Å². The Labute approximate surface area is 150 Å². The molecule has 0 aromatic heterocycles. The van der Waals surface area contributed by atoms with Crippen LogP contribution in [0.4, 0.5) is 0 Å². The number of hydrogen-bond donors (Lipinski definition) is 3. The van der Waals surface area contributed by atoms with Crippen LogP contribution in [0, 0.1) is 13.8 Å². The fourth-order valence-electron chi connectivity index (χ4n) is 1.21. The van der Waals surface area contributed by atoms with E-state index in [2.05, 4.69) is 51.8 Å². The van der Waals surface area contributed by atoms with Crippen LogP contribution >= 0.6 is 17.9 Å². The van der Waals surface area contributed by atoms with E-state index in [9.17, 15) is 0 Å². The summed E-state index contributed by atoms with van der Waals surface area (Å²) in [6.07, 6.45) is 13.0. The Kier molecular flexibility index (Phi) is 37.7. The van der Waals surface area contributed by atoms with E-state index >= 15 is 0 Å². The molecule has 2 N–H and O–H groups in total. The van der Waals surface area contributed by atoms with Gasteiger partial charge in [0.2, 0.25) is 5.69 Å². The van der Waals surface area contributed by atoms with E-state index in [0.29, 0.717) is 0 Å². The maximum Gasteiger partial charge on any atom is 2.00 e. The van der Waals surface area contributed by atoms with E-state index in [4.69, 9.17) is 9.79 Å². The molecule has 0 radical (unpaired) electrons. The fourth-order valence-corrected chi connectivity index (χ4v) is 1.21. The topological polar surface area (TPSA) is 40.5 Å². The van der Waals surface area contributed by atoms with Gasteiger partial charge in [-0.2, -0.15) is 12.8 Å². The average molecular weight is 394 g/mol. The minimum Gasteiger partial charge on any atom is -0.343 e. The van der Waals surface area contributed by atoms with Crippen molar-refractivity contribution in [1.29, 1.82) is 0 Å². The Morgan fingerprint density at radius 1 is 0.850 bits per heavy atom. The maximum absolute atomic E-state index is 7.87. The molecule has 0 heterocycles. The molecule has 2 nitrogen and oxygen atoms in total. The molecule has 0 fully saturated rings. The van der Waals surface area contributed by atoms with Crippen LogP contribution < -0.4 is 0 Å². The summed E-state index contributed by atoms with van der Waals surface area (Å²) in [7, 11) is 0. The normalized spacial score (nSPS) is 9.55. The molecule has 0 aliphatic heterocycles. The van der Waals surface area contributed by atoms with Crippen molar-refractivity contribution in [2.75, 3.05) is 0 Å². The largest absolute Gasteiger partial charge is 2.00 e. The molecule has 0 atom stereocenters. The van der Waals surface area contributed by atoms with E-state index in [-0.39, 0.29) is 19.5 Å². The van der Waals surface area contributed by atoms with Crippen LogP contribution in [-0.4, -0.2) is 9.79 Å². The zero-order valence-corrected chi connectivity index (χ0v) is 19.0. The van der Waals surface area contributed by atoms with Crippen molar-refractivity contribution in [3.63, 3.8) is 0 Å².